The molecule has 5 nitrogen and oxygen atoms in total. The Morgan fingerprint density at radius 3 is 2.76 bits per heavy atom. The van der Waals surface area contributed by atoms with Gasteiger partial charge in [-0.1, -0.05) is 12.1 Å². The van der Waals surface area contributed by atoms with Gasteiger partial charge in [-0.05, 0) is 40.1 Å². The highest BCUT2D eigenvalue weighted by Gasteiger charge is 2.16. The summed E-state index contributed by atoms with van der Waals surface area (Å²) in [5.41, 5.74) is 2.58. The Bertz CT molecular complexity index is 852. The van der Waals surface area contributed by atoms with Crippen molar-refractivity contribution >= 4 is 27.0 Å². The van der Waals surface area contributed by atoms with Gasteiger partial charge in [-0.2, -0.15) is 16.4 Å². The smallest absolute Gasteiger partial charge is 0.265 e. The molecule has 0 saturated heterocycles. The minimum absolute atomic E-state index is 0.144. The van der Waals surface area contributed by atoms with Crippen LogP contribution in [0.3, 0.4) is 0 Å². The molecule has 2 heterocycles. The van der Waals surface area contributed by atoms with Crippen LogP contribution in [0.1, 0.15) is 0 Å². The van der Waals surface area contributed by atoms with Gasteiger partial charge in [0.1, 0.15) is 4.90 Å². The lowest BCUT2D eigenvalue weighted by molar-refractivity contribution is 0.601. The molecule has 7 heteroatoms. The third-order valence-corrected chi connectivity index (χ3v) is 4.98. The lowest BCUT2D eigenvalue weighted by atomic mass is 10.1. The fourth-order valence-electron chi connectivity index (χ4n) is 1.94. The summed E-state index contributed by atoms with van der Waals surface area (Å²) in [7, 11) is -1.93. The largest absolute Gasteiger partial charge is 0.280 e. The summed E-state index contributed by atoms with van der Waals surface area (Å²) in [5.74, 6) is 0. The number of hydrogen-bond acceptors (Lipinski definition) is 4. The number of rotatable bonds is 4. The van der Waals surface area contributed by atoms with E-state index in [0.717, 1.165) is 11.1 Å². The molecule has 3 rings (SSSR count). The molecule has 1 N–H and O–H groups in total. The van der Waals surface area contributed by atoms with E-state index < -0.39 is 10.0 Å². The summed E-state index contributed by atoms with van der Waals surface area (Å²) in [4.78, 5) is 0.144. The van der Waals surface area contributed by atoms with Gasteiger partial charge in [-0.3, -0.25) is 9.40 Å². The van der Waals surface area contributed by atoms with Gasteiger partial charge < -0.3 is 0 Å². The zero-order chi connectivity index (χ0) is 14.9. The average molecular weight is 319 g/mol. The first kappa shape index (κ1) is 13.8. The van der Waals surface area contributed by atoms with E-state index in [9.17, 15) is 8.42 Å². The van der Waals surface area contributed by atoms with E-state index in [1.807, 2.05) is 35.0 Å². The zero-order valence-electron chi connectivity index (χ0n) is 11.2. The van der Waals surface area contributed by atoms with Crippen molar-refractivity contribution in [3.8, 4) is 11.1 Å². The number of thiophene rings is 1. The third-order valence-electron chi connectivity index (χ3n) is 2.96. The Labute approximate surface area is 126 Å². The Morgan fingerprint density at radius 2 is 2.10 bits per heavy atom. The maximum Gasteiger partial charge on any atom is 0.265 e. The first-order valence-corrected chi connectivity index (χ1v) is 8.61. The predicted octanol–water partition coefficient (Wildman–Crippen LogP) is 2.95. The van der Waals surface area contributed by atoms with Crippen LogP contribution in [-0.4, -0.2) is 18.2 Å². The van der Waals surface area contributed by atoms with Crippen molar-refractivity contribution < 1.29 is 8.42 Å². The van der Waals surface area contributed by atoms with E-state index in [2.05, 4.69) is 9.82 Å². The lowest BCUT2D eigenvalue weighted by Gasteiger charge is -2.07. The molecular formula is C14H13N3O2S2. The summed E-state index contributed by atoms with van der Waals surface area (Å²) in [6, 6.07) is 9.32. The second kappa shape index (κ2) is 5.34. The van der Waals surface area contributed by atoms with E-state index >= 15 is 0 Å². The predicted molar refractivity (Wildman–Crippen MR) is 83.8 cm³/mol. The molecule has 1 aromatic carbocycles. The van der Waals surface area contributed by atoms with Gasteiger partial charge in [-0.25, -0.2) is 8.42 Å². The number of anilines is 1. The number of aromatic nitrogens is 2. The molecule has 0 saturated carbocycles. The summed E-state index contributed by atoms with van der Waals surface area (Å²) < 4.78 is 28.5. The van der Waals surface area contributed by atoms with Crippen molar-refractivity contribution in [2.24, 2.45) is 7.05 Å². The quantitative estimate of drug-likeness (QED) is 0.804. The summed E-state index contributed by atoms with van der Waals surface area (Å²) in [6.07, 6.45) is 2.79. The standard InChI is InChI=1S/C14H13N3O2S2/c1-17-9-14(8-15-17)21(18,19)16-13-4-2-3-11(7-13)12-5-6-20-10-12/h2-10,16H,1H3. The number of nitrogens with one attached hydrogen (secondary N) is 1. The van der Waals surface area contributed by atoms with E-state index in [-0.39, 0.29) is 4.90 Å². The maximum absolute atomic E-state index is 12.3. The molecule has 3 aromatic rings. The second-order valence-corrected chi connectivity index (χ2v) is 7.01. The number of hydrogen-bond donors (Lipinski definition) is 1. The van der Waals surface area contributed by atoms with Crippen molar-refractivity contribution in [2.45, 2.75) is 4.90 Å². The van der Waals surface area contributed by atoms with Gasteiger partial charge in [0.15, 0.2) is 0 Å². The number of sulfonamides is 1. The van der Waals surface area contributed by atoms with Crippen molar-refractivity contribution in [1.82, 2.24) is 9.78 Å². The maximum atomic E-state index is 12.3. The van der Waals surface area contributed by atoms with E-state index in [0.29, 0.717) is 5.69 Å². The molecule has 0 fully saturated rings. The fraction of sp³-hybridized carbons (Fsp3) is 0.0714. The van der Waals surface area contributed by atoms with Gasteiger partial charge in [-0.15, -0.1) is 0 Å². The number of benzene rings is 1. The van der Waals surface area contributed by atoms with Crippen molar-refractivity contribution in [2.75, 3.05) is 4.72 Å². The lowest BCUT2D eigenvalue weighted by Crippen LogP contribution is -2.12. The molecule has 0 bridgehead atoms. The highest BCUT2D eigenvalue weighted by atomic mass is 32.2. The van der Waals surface area contributed by atoms with E-state index in [1.54, 1.807) is 24.5 Å². The van der Waals surface area contributed by atoms with Crippen LogP contribution in [0.2, 0.25) is 0 Å². The Morgan fingerprint density at radius 1 is 1.24 bits per heavy atom. The van der Waals surface area contributed by atoms with Crippen molar-refractivity contribution in [3.63, 3.8) is 0 Å². The molecule has 0 unspecified atom stereocenters. The van der Waals surface area contributed by atoms with Gasteiger partial charge in [0, 0.05) is 18.9 Å². The minimum Gasteiger partial charge on any atom is -0.280 e. The average Bonchev–Trinajstić information content (AvgIpc) is 3.09. The van der Waals surface area contributed by atoms with Crippen LogP contribution in [0.4, 0.5) is 5.69 Å². The van der Waals surface area contributed by atoms with Gasteiger partial charge in [0.2, 0.25) is 0 Å². The highest BCUT2D eigenvalue weighted by Crippen LogP contribution is 2.25. The molecule has 0 aliphatic heterocycles. The van der Waals surface area contributed by atoms with E-state index in [4.69, 9.17) is 0 Å². The summed E-state index contributed by atoms with van der Waals surface area (Å²) >= 11 is 1.60. The van der Waals surface area contributed by atoms with E-state index in [1.165, 1.54) is 17.1 Å². The van der Waals surface area contributed by atoms with Gasteiger partial charge in [0.25, 0.3) is 10.0 Å². The zero-order valence-corrected chi connectivity index (χ0v) is 12.9. The van der Waals surface area contributed by atoms with Crippen LogP contribution in [0, 0.1) is 0 Å². The van der Waals surface area contributed by atoms with Crippen LogP contribution >= 0.6 is 11.3 Å². The van der Waals surface area contributed by atoms with Crippen LogP contribution in [0.25, 0.3) is 11.1 Å². The molecular weight excluding hydrogens is 306 g/mol. The summed E-state index contributed by atoms with van der Waals surface area (Å²) in [6.45, 7) is 0. The molecule has 2 aromatic heterocycles. The third kappa shape index (κ3) is 2.98. The first-order valence-electron chi connectivity index (χ1n) is 6.19. The van der Waals surface area contributed by atoms with Crippen LogP contribution in [-0.2, 0) is 17.1 Å². The molecule has 0 atom stereocenters. The fourth-order valence-corrected chi connectivity index (χ4v) is 3.64. The Hall–Kier alpha value is -2.12. The van der Waals surface area contributed by atoms with Gasteiger partial charge >= 0.3 is 0 Å². The second-order valence-electron chi connectivity index (χ2n) is 4.55. The molecule has 0 aliphatic rings. The van der Waals surface area contributed by atoms with Crippen LogP contribution in [0.15, 0.2) is 58.4 Å². The molecule has 0 aliphatic carbocycles. The topological polar surface area (TPSA) is 64.0 Å². The molecule has 0 amide bonds. The Balaban J connectivity index is 1.90. The monoisotopic (exact) mass is 319 g/mol. The number of aryl methyl sites for hydroxylation is 1. The minimum atomic E-state index is -3.61. The molecule has 21 heavy (non-hydrogen) atoms. The first-order chi connectivity index (χ1) is 10.0. The normalized spacial score (nSPS) is 11.5. The SMILES string of the molecule is Cn1cc(S(=O)(=O)Nc2cccc(-c3ccsc3)c2)cn1. The molecule has 0 spiro atoms. The van der Waals surface area contributed by atoms with Crippen molar-refractivity contribution in [1.29, 1.82) is 0 Å². The highest BCUT2D eigenvalue weighted by molar-refractivity contribution is 7.92. The number of nitrogens with zero attached hydrogens (tertiary/aromatic N) is 2. The molecule has 108 valence electrons. The van der Waals surface area contributed by atoms with Crippen LogP contribution in [0.5, 0.6) is 0 Å². The summed E-state index contributed by atoms with van der Waals surface area (Å²) in [5, 5.41) is 7.89. The molecule has 0 radical (unpaired) electrons. The Kier molecular flexibility index (Phi) is 3.52. The van der Waals surface area contributed by atoms with Gasteiger partial charge in [0.05, 0.1) is 6.20 Å². The van der Waals surface area contributed by atoms with Crippen LogP contribution < -0.4 is 4.72 Å². The van der Waals surface area contributed by atoms with Crippen molar-refractivity contribution in [3.05, 3.63) is 53.5 Å².